The molecule has 0 N–H and O–H groups in total. The molecule has 0 unspecified atom stereocenters. The van der Waals surface area contributed by atoms with Crippen LogP contribution in [-0.2, 0) is 26.5 Å². The summed E-state index contributed by atoms with van der Waals surface area (Å²) in [7, 11) is 0. The van der Waals surface area contributed by atoms with Gasteiger partial charge < -0.3 is 4.98 Å². The molecule has 0 amide bonds. The third-order valence-corrected chi connectivity index (χ3v) is 5.00. The topological polar surface area (TPSA) is 67.4 Å². The van der Waals surface area contributed by atoms with E-state index < -0.39 is 17.3 Å². The van der Waals surface area contributed by atoms with Gasteiger partial charge in [-0.3, -0.25) is 9.67 Å². The molecule has 0 atom stereocenters. The summed E-state index contributed by atoms with van der Waals surface area (Å²) >= 11 is 0. The van der Waals surface area contributed by atoms with Crippen LogP contribution in [0.25, 0.3) is 16.9 Å². The van der Waals surface area contributed by atoms with Gasteiger partial charge in [-0.2, -0.15) is 28.6 Å². The van der Waals surface area contributed by atoms with E-state index in [0.29, 0.717) is 22.6 Å². The maximum Gasteiger partial charge on any atom is 2.00 e. The fourth-order valence-electron chi connectivity index (χ4n) is 3.25. The number of halogens is 2. The van der Waals surface area contributed by atoms with Gasteiger partial charge in [-0.15, -0.1) is 12.1 Å². The van der Waals surface area contributed by atoms with Crippen molar-refractivity contribution in [1.29, 1.82) is 5.26 Å². The van der Waals surface area contributed by atoms with Crippen molar-refractivity contribution in [3.8, 4) is 23.0 Å². The van der Waals surface area contributed by atoms with E-state index in [1.165, 1.54) is 0 Å². The Bertz CT molecular complexity index is 1320. The Morgan fingerprint density at radius 2 is 1.84 bits per heavy atom. The van der Waals surface area contributed by atoms with E-state index in [9.17, 15) is 8.78 Å². The van der Waals surface area contributed by atoms with Crippen LogP contribution >= 0.6 is 0 Å². The number of benzene rings is 1. The molecule has 0 saturated heterocycles. The quantitative estimate of drug-likeness (QED) is 0.249. The van der Waals surface area contributed by atoms with Gasteiger partial charge in [-0.25, -0.2) is 8.78 Å². The predicted octanol–water partition coefficient (Wildman–Crippen LogP) is 4.71. The summed E-state index contributed by atoms with van der Waals surface area (Å²) in [5.74, 6) is -1.89. The summed E-state index contributed by atoms with van der Waals surface area (Å²) in [6.45, 7) is 5.80. The molecule has 4 aromatic rings. The molecule has 0 saturated carbocycles. The number of pyridine rings is 2. The van der Waals surface area contributed by atoms with Crippen molar-refractivity contribution in [1.82, 2.24) is 19.7 Å². The molecular weight excluding hydrogens is 591 g/mol. The molecule has 0 fully saturated rings. The van der Waals surface area contributed by atoms with Crippen molar-refractivity contribution in [2.45, 2.75) is 26.2 Å². The average Bonchev–Trinajstić information content (AvgIpc) is 3.24. The summed E-state index contributed by atoms with van der Waals surface area (Å²) in [6.07, 6.45) is 1.79. The van der Waals surface area contributed by atoms with Gasteiger partial charge in [-0.05, 0) is 44.3 Å². The van der Waals surface area contributed by atoms with Crippen molar-refractivity contribution in [2.75, 3.05) is 0 Å². The predicted molar refractivity (Wildman–Crippen MR) is 110 cm³/mol. The number of hydrogen-bond acceptors (Lipinski definition) is 4. The molecule has 0 bridgehead atoms. The molecule has 0 radical (unpaired) electrons. The Hall–Kier alpha value is -3.23. The second-order valence-corrected chi connectivity index (χ2v) is 7.65. The van der Waals surface area contributed by atoms with Gasteiger partial charge in [0.1, 0.15) is 11.9 Å². The first kappa shape index (κ1) is 23.4. The van der Waals surface area contributed by atoms with Crippen molar-refractivity contribution in [3.05, 3.63) is 95.2 Å². The van der Waals surface area contributed by atoms with Crippen LogP contribution in [0.5, 0.6) is 0 Å². The van der Waals surface area contributed by atoms with Gasteiger partial charge in [0.05, 0.1) is 17.2 Å². The Balaban J connectivity index is 0.00000289. The first-order valence-corrected chi connectivity index (χ1v) is 9.49. The Morgan fingerprint density at radius 1 is 1.06 bits per heavy atom. The molecule has 4 rings (SSSR count). The maximum absolute atomic E-state index is 14.2. The molecule has 3 aromatic heterocycles. The molecule has 0 spiro atoms. The smallest absolute Gasteiger partial charge is 0.300 e. The molecule has 162 valence electrons. The zero-order valence-electron chi connectivity index (χ0n) is 17.4. The van der Waals surface area contributed by atoms with Gasteiger partial charge >= 0.3 is 21.1 Å². The summed E-state index contributed by atoms with van der Waals surface area (Å²) < 4.78 is 29.0. The van der Waals surface area contributed by atoms with Crippen molar-refractivity contribution >= 4 is 0 Å². The molecule has 0 aliphatic rings. The summed E-state index contributed by atoms with van der Waals surface area (Å²) in [5.41, 5.74) is 3.13. The van der Waals surface area contributed by atoms with E-state index in [1.807, 2.05) is 32.9 Å². The van der Waals surface area contributed by atoms with Crippen LogP contribution in [0.1, 0.15) is 36.4 Å². The van der Waals surface area contributed by atoms with Crippen molar-refractivity contribution in [3.63, 3.8) is 0 Å². The van der Waals surface area contributed by atoms with E-state index in [2.05, 4.69) is 33.3 Å². The molecule has 0 aliphatic carbocycles. The zero-order chi connectivity index (χ0) is 22.2. The largest absolute Gasteiger partial charge is 2.00 e. The third-order valence-electron chi connectivity index (χ3n) is 5.00. The number of rotatable bonds is 4. The van der Waals surface area contributed by atoms with Gasteiger partial charge in [0.2, 0.25) is 0 Å². The van der Waals surface area contributed by atoms with Crippen molar-refractivity contribution in [2.24, 2.45) is 0 Å². The van der Waals surface area contributed by atoms with Crippen molar-refractivity contribution < 1.29 is 29.8 Å². The van der Waals surface area contributed by atoms with Gasteiger partial charge in [-0.1, -0.05) is 28.8 Å². The first-order valence-electron chi connectivity index (χ1n) is 9.49. The Morgan fingerprint density at radius 3 is 2.56 bits per heavy atom. The molecule has 8 heteroatoms. The fourth-order valence-corrected chi connectivity index (χ4v) is 3.25. The molecule has 0 aliphatic heterocycles. The maximum atomic E-state index is 14.2. The van der Waals surface area contributed by atoms with Crippen LogP contribution in [-0.4, -0.2) is 19.7 Å². The molecule has 3 heterocycles. The molecular formula is C24H17F2N5Pt. The van der Waals surface area contributed by atoms with E-state index in [4.69, 9.17) is 5.26 Å². The normalized spacial score (nSPS) is 11.0. The van der Waals surface area contributed by atoms with E-state index in [1.54, 1.807) is 35.1 Å². The molecule has 32 heavy (non-hydrogen) atoms. The Labute approximate surface area is 199 Å². The first-order chi connectivity index (χ1) is 14.8. The molecule has 1 aromatic carbocycles. The minimum Gasteiger partial charge on any atom is -0.300 e. The average molecular weight is 609 g/mol. The number of nitriles is 1. The second kappa shape index (κ2) is 9.10. The number of hydrogen-bond donors (Lipinski definition) is 0. The zero-order valence-corrected chi connectivity index (χ0v) is 19.7. The second-order valence-electron chi connectivity index (χ2n) is 7.65. The van der Waals surface area contributed by atoms with Crippen LogP contribution in [0.4, 0.5) is 8.78 Å². The minimum absolute atomic E-state index is 0. The number of aromatic nitrogens is 4. The van der Waals surface area contributed by atoms with Gasteiger partial charge in [0, 0.05) is 11.9 Å². The number of nitrogens with zero attached hydrogens (tertiary/aromatic N) is 5. The van der Waals surface area contributed by atoms with Crippen LogP contribution in [0.15, 0.2) is 48.7 Å². The van der Waals surface area contributed by atoms with E-state index in [0.717, 1.165) is 17.3 Å². The summed E-state index contributed by atoms with van der Waals surface area (Å²) in [4.78, 5) is 7.85. The third kappa shape index (κ3) is 4.51. The minimum atomic E-state index is -0.959. The Kier molecular flexibility index (Phi) is 6.66. The monoisotopic (exact) mass is 608 g/mol. The van der Waals surface area contributed by atoms with Gasteiger partial charge in [0.25, 0.3) is 0 Å². The van der Waals surface area contributed by atoms with Crippen LogP contribution in [0.2, 0.25) is 0 Å². The van der Waals surface area contributed by atoms with Gasteiger partial charge in [0.15, 0.2) is 0 Å². The van der Waals surface area contributed by atoms with E-state index in [-0.39, 0.29) is 26.6 Å². The standard InChI is InChI=1S/C24H17F2N5.Pt/c1-15-11-19(18-7-8-22(25)29-23(18)26)28-21(12-15)24(2,3)20-9-10-31(30-20)17-6-4-5-16(13-17)14-27;/h4-5,8-13H,1-3H3;/q-2;+2. The summed E-state index contributed by atoms with van der Waals surface area (Å²) in [5, 5.41) is 13.8. The fraction of sp³-hybridized carbons (Fsp3) is 0.167. The number of aryl methyl sites for hydroxylation is 1. The van der Waals surface area contributed by atoms with Crippen LogP contribution < -0.4 is 0 Å². The van der Waals surface area contributed by atoms with Crippen LogP contribution in [0, 0.1) is 42.3 Å². The van der Waals surface area contributed by atoms with Crippen LogP contribution in [0.3, 0.4) is 0 Å². The molecule has 5 nitrogen and oxygen atoms in total. The summed E-state index contributed by atoms with van der Waals surface area (Å²) in [6, 6.07) is 19.3. The SMILES string of the molecule is Cc1cc(-c2[c-]cc(F)nc2F)nc(C(C)(C)c2ccn(-c3[c-]ccc(C#N)c3)n2)c1.[Pt+2]. The van der Waals surface area contributed by atoms with E-state index >= 15 is 0 Å².